The number of hydrogen-bond acceptors (Lipinski definition) is 3. The molecule has 6 heteroatoms. The van der Waals surface area contributed by atoms with Gasteiger partial charge in [-0.3, -0.25) is 4.90 Å². The van der Waals surface area contributed by atoms with Gasteiger partial charge < -0.3 is 0 Å². The Morgan fingerprint density at radius 2 is 1.68 bits per heavy atom. The summed E-state index contributed by atoms with van der Waals surface area (Å²) in [5, 5.41) is -0.114. The molecule has 1 aromatic carbocycles. The minimum absolute atomic E-state index is 0.114. The van der Waals surface area contributed by atoms with Gasteiger partial charge in [-0.1, -0.05) is 12.1 Å². The molecule has 3 fully saturated rings. The maximum atomic E-state index is 13.0. The number of sulfonamides is 1. The Hall–Kier alpha value is -0.980. The quantitative estimate of drug-likeness (QED) is 0.850. The Bertz CT molecular complexity index is 657. The number of likely N-dealkylation sites (tertiary alicyclic amines) is 1. The lowest BCUT2D eigenvalue weighted by molar-refractivity contribution is 0.240. The van der Waals surface area contributed by atoms with Gasteiger partial charge in [0.1, 0.15) is 5.82 Å². The zero-order valence-electron chi connectivity index (χ0n) is 12.5. The van der Waals surface area contributed by atoms with Crippen molar-refractivity contribution in [3.8, 4) is 0 Å². The molecule has 0 unspecified atom stereocenters. The van der Waals surface area contributed by atoms with E-state index in [0.717, 1.165) is 44.3 Å². The minimum atomic E-state index is -3.06. The molecule has 2 aliphatic heterocycles. The van der Waals surface area contributed by atoms with Gasteiger partial charge in [-0.15, -0.1) is 0 Å². The number of benzene rings is 1. The first kappa shape index (κ1) is 14.6. The molecule has 0 aromatic heterocycles. The molecule has 22 heavy (non-hydrogen) atoms. The summed E-state index contributed by atoms with van der Waals surface area (Å²) in [5.74, 6) is -0.217. The van der Waals surface area contributed by atoms with Crippen molar-refractivity contribution in [1.29, 1.82) is 0 Å². The van der Waals surface area contributed by atoms with Crippen LogP contribution in [0.2, 0.25) is 0 Å². The highest BCUT2D eigenvalue weighted by atomic mass is 32.2. The van der Waals surface area contributed by atoms with E-state index in [1.807, 2.05) is 12.1 Å². The Morgan fingerprint density at radius 3 is 2.36 bits per heavy atom. The number of hydrogen-bond donors (Lipinski definition) is 0. The molecule has 1 aromatic rings. The first-order chi connectivity index (χ1) is 10.6. The maximum absolute atomic E-state index is 13.0. The standard InChI is InChI=1S/C16H21FN2O2S/c17-13-3-1-12(2-4-13)11-18-9-7-16-15(18)8-10-19(16)22(20,21)14-5-6-14/h1-4,14-16H,5-11H2/t15-,16-/m1/s1. The molecule has 4 nitrogen and oxygen atoms in total. The second kappa shape index (κ2) is 5.28. The number of halogens is 1. The smallest absolute Gasteiger partial charge is 0.217 e. The molecule has 0 spiro atoms. The topological polar surface area (TPSA) is 40.6 Å². The van der Waals surface area contributed by atoms with Crippen LogP contribution < -0.4 is 0 Å². The van der Waals surface area contributed by atoms with Crippen LogP contribution in [0.4, 0.5) is 4.39 Å². The average molecular weight is 324 g/mol. The zero-order valence-corrected chi connectivity index (χ0v) is 13.3. The second-order valence-electron chi connectivity index (χ2n) is 6.66. The molecule has 3 aliphatic rings. The van der Waals surface area contributed by atoms with Crippen molar-refractivity contribution in [2.45, 2.75) is 49.6 Å². The van der Waals surface area contributed by atoms with Crippen LogP contribution in [0.3, 0.4) is 0 Å². The van der Waals surface area contributed by atoms with Crippen LogP contribution in [0.1, 0.15) is 31.2 Å². The lowest BCUT2D eigenvalue weighted by Gasteiger charge is -2.25. The van der Waals surface area contributed by atoms with Crippen LogP contribution in [0.15, 0.2) is 24.3 Å². The molecule has 2 saturated heterocycles. The Morgan fingerprint density at radius 1 is 1.00 bits per heavy atom. The van der Waals surface area contributed by atoms with E-state index in [1.165, 1.54) is 12.1 Å². The highest BCUT2D eigenvalue weighted by molar-refractivity contribution is 7.90. The van der Waals surface area contributed by atoms with E-state index in [2.05, 4.69) is 4.90 Å². The Labute approximate surface area is 131 Å². The molecule has 0 radical (unpaired) electrons. The predicted molar refractivity (Wildman–Crippen MR) is 82.3 cm³/mol. The Balaban J connectivity index is 1.47. The fourth-order valence-corrected chi connectivity index (χ4v) is 6.03. The summed E-state index contributed by atoms with van der Waals surface area (Å²) in [6.45, 7) is 2.36. The monoisotopic (exact) mass is 324 g/mol. The van der Waals surface area contributed by atoms with Gasteiger partial charge in [-0.05, 0) is 43.4 Å². The van der Waals surface area contributed by atoms with Gasteiger partial charge in [0.05, 0.1) is 5.25 Å². The van der Waals surface area contributed by atoms with Crippen molar-refractivity contribution >= 4 is 10.0 Å². The summed E-state index contributed by atoms with van der Waals surface area (Å²) in [7, 11) is -3.06. The second-order valence-corrected chi connectivity index (χ2v) is 8.83. The lowest BCUT2D eigenvalue weighted by atomic mass is 10.1. The average Bonchev–Trinajstić information content (AvgIpc) is 3.16. The van der Waals surface area contributed by atoms with Gasteiger partial charge >= 0.3 is 0 Å². The van der Waals surface area contributed by atoms with E-state index in [-0.39, 0.29) is 17.1 Å². The molecule has 2 heterocycles. The SMILES string of the molecule is O=S(=O)(C1CC1)N1CC[C@@H]2[C@H]1CCN2Cc1ccc(F)cc1. The molecule has 0 N–H and O–H groups in total. The van der Waals surface area contributed by atoms with Crippen molar-refractivity contribution < 1.29 is 12.8 Å². The van der Waals surface area contributed by atoms with E-state index in [1.54, 1.807) is 4.31 Å². The van der Waals surface area contributed by atoms with Gasteiger partial charge in [0.15, 0.2) is 0 Å². The summed E-state index contributed by atoms with van der Waals surface area (Å²) in [6.07, 6.45) is 3.49. The summed E-state index contributed by atoms with van der Waals surface area (Å²) < 4.78 is 39.8. The van der Waals surface area contributed by atoms with Crippen LogP contribution in [0.25, 0.3) is 0 Å². The third-order valence-corrected chi connectivity index (χ3v) is 7.63. The summed E-state index contributed by atoms with van der Waals surface area (Å²) >= 11 is 0. The van der Waals surface area contributed by atoms with E-state index in [0.29, 0.717) is 12.6 Å². The van der Waals surface area contributed by atoms with Crippen LogP contribution >= 0.6 is 0 Å². The van der Waals surface area contributed by atoms with Gasteiger partial charge in [-0.25, -0.2) is 12.8 Å². The molecular weight excluding hydrogens is 303 g/mol. The van der Waals surface area contributed by atoms with Gasteiger partial charge in [0.2, 0.25) is 10.0 Å². The van der Waals surface area contributed by atoms with Crippen LogP contribution in [-0.2, 0) is 16.6 Å². The summed E-state index contributed by atoms with van der Waals surface area (Å²) in [4.78, 5) is 2.36. The summed E-state index contributed by atoms with van der Waals surface area (Å²) in [6, 6.07) is 7.07. The molecule has 120 valence electrons. The largest absolute Gasteiger partial charge is 0.294 e. The molecule has 0 bridgehead atoms. The molecular formula is C16H21FN2O2S. The highest BCUT2D eigenvalue weighted by Crippen LogP contribution is 2.39. The highest BCUT2D eigenvalue weighted by Gasteiger charge is 2.50. The van der Waals surface area contributed by atoms with Crippen molar-refractivity contribution in [3.05, 3.63) is 35.6 Å². The van der Waals surface area contributed by atoms with Gasteiger partial charge in [0.25, 0.3) is 0 Å². The van der Waals surface area contributed by atoms with Crippen molar-refractivity contribution in [2.24, 2.45) is 0 Å². The third kappa shape index (κ3) is 2.47. The van der Waals surface area contributed by atoms with E-state index in [4.69, 9.17) is 0 Å². The number of nitrogens with zero attached hydrogens (tertiary/aromatic N) is 2. The number of fused-ring (bicyclic) bond motifs is 1. The molecule has 4 rings (SSSR count). The molecule has 1 aliphatic carbocycles. The summed E-state index contributed by atoms with van der Waals surface area (Å²) in [5.41, 5.74) is 1.09. The third-order valence-electron chi connectivity index (χ3n) is 5.21. The normalized spacial score (nSPS) is 29.9. The maximum Gasteiger partial charge on any atom is 0.217 e. The minimum Gasteiger partial charge on any atom is -0.294 e. The van der Waals surface area contributed by atoms with E-state index in [9.17, 15) is 12.8 Å². The fraction of sp³-hybridized carbons (Fsp3) is 0.625. The van der Waals surface area contributed by atoms with Crippen molar-refractivity contribution in [1.82, 2.24) is 9.21 Å². The fourth-order valence-electron chi connectivity index (χ4n) is 3.93. The number of rotatable bonds is 4. The Kier molecular flexibility index (Phi) is 3.51. The van der Waals surface area contributed by atoms with Crippen LogP contribution in [-0.4, -0.2) is 48.0 Å². The molecule has 2 atom stereocenters. The van der Waals surface area contributed by atoms with Crippen molar-refractivity contribution in [2.75, 3.05) is 13.1 Å². The zero-order chi connectivity index (χ0) is 15.3. The first-order valence-corrected chi connectivity index (χ1v) is 9.55. The lowest BCUT2D eigenvalue weighted by Crippen LogP contribution is -2.41. The van der Waals surface area contributed by atoms with Crippen LogP contribution in [0, 0.1) is 5.82 Å². The van der Waals surface area contributed by atoms with E-state index >= 15 is 0 Å². The van der Waals surface area contributed by atoms with Crippen LogP contribution in [0.5, 0.6) is 0 Å². The van der Waals surface area contributed by atoms with Crippen molar-refractivity contribution in [3.63, 3.8) is 0 Å². The van der Waals surface area contributed by atoms with Gasteiger partial charge in [0, 0.05) is 31.7 Å². The molecule has 1 saturated carbocycles. The van der Waals surface area contributed by atoms with E-state index < -0.39 is 10.0 Å². The first-order valence-electron chi connectivity index (χ1n) is 8.05. The van der Waals surface area contributed by atoms with Gasteiger partial charge in [-0.2, -0.15) is 4.31 Å². The molecule has 0 amide bonds. The predicted octanol–water partition coefficient (Wildman–Crippen LogP) is 1.97.